The van der Waals surface area contributed by atoms with Gasteiger partial charge >= 0.3 is 12.1 Å². The highest BCUT2D eigenvalue weighted by Crippen LogP contribution is 2.33. The Morgan fingerprint density at radius 2 is 1.97 bits per heavy atom. The van der Waals surface area contributed by atoms with Gasteiger partial charge in [-0.05, 0) is 65.2 Å². The third-order valence-corrected chi connectivity index (χ3v) is 5.86. The van der Waals surface area contributed by atoms with Gasteiger partial charge in [-0.25, -0.2) is 9.78 Å². The average molecular weight is 422 g/mol. The molecule has 1 aromatic rings. The maximum Gasteiger partial charge on any atom is 0.407 e. The van der Waals surface area contributed by atoms with Gasteiger partial charge in [0.1, 0.15) is 5.60 Å². The zero-order valence-corrected chi connectivity index (χ0v) is 19.3. The van der Waals surface area contributed by atoms with Gasteiger partial charge in [0, 0.05) is 25.2 Å². The number of carbonyl (C=O) groups is 2. The van der Waals surface area contributed by atoms with Crippen LogP contribution in [0.4, 0.5) is 4.79 Å². The largest absolute Gasteiger partial charge is 0.469 e. The van der Waals surface area contributed by atoms with E-state index in [1.165, 1.54) is 39.2 Å². The van der Waals surface area contributed by atoms with Crippen LogP contribution in [0.15, 0.2) is 12.5 Å². The molecule has 1 aliphatic carbocycles. The normalized spacial score (nSPS) is 20.4. The van der Waals surface area contributed by atoms with E-state index in [1.807, 2.05) is 27.1 Å². The lowest BCUT2D eigenvalue weighted by Crippen LogP contribution is -2.33. The third-order valence-electron chi connectivity index (χ3n) is 5.86. The van der Waals surface area contributed by atoms with Crippen molar-refractivity contribution in [2.45, 2.75) is 90.7 Å². The molecule has 0 bridgehead atoms. The molecule has 1 aromatic heterocycles. The number of rotatable bonds is 9. The minimum Gasteiger partial charge on any atom is -0.469 e. The molecule has 0 spiro atoms. The lowest BCUT2D eigenvalue weighted by atomic mass is 9.84. The lowest BCUT2D eigenvalue weighted by Gasteiger charge is -2.28. The fourth-order valence-corrected chi connectivity index (χ4v) is 4.11. The predicted octanol–water partition coefficient (Wildman–Crippen LogP) is 4.66. The molecule has 7 heteroatoms. The predicted molar refractivity (Wildman–Crippen MR) is 116 cm³/mol. The Morgan fingerprint density at radius 1 is 1.27 bits per heavy atom. The molecular formula is C23H39N3O4. The van der Waals surface area contributed by atoms with Gasteiger partial charge in [0.15, 0.2) is 0 Å². The Kier molecular flexibility index (Phi) is 9.18. The van der Waals surface area contributed by atoms with Crippen molar-refractivity contribution >= 4 is 12.1 Å². The van der Waals surface area contributed by atoms with E-state index in [9.17, 15) is 9.59 Å². The van der Waals surface area contributed by atoms with E-state index in [-0.39, 0.29) is 11.9 Å². The molecule has 2 rings (SSSR count). The summed E-state index contributed by atoms with van der Waals surface area (Å²) in [7, 11) is 1.42. The molecule has 170 valence electrons. The van der Waals surface area contributed by atoms with Gasteiger partial charge in [0.2, 0.25) is 0 Å². The van der Waals surface area contributed by atoms with Crippen LogP contribution >= 0.6 is 0 Å². The second kappa shape index (κ2) is 11.4. The highest BCUT2D eigenvalue weighted by Gasteiger charge is 2.24. The van der Waals surface area contributed by atoms with E-state index in [4.69, 9.17) is 9.47 Å². The van der Waals surface area contributed by atoms with E-state index in [2.05, 4.69) is 28.0 Å². The van der Waals surface area contributed by atoms with Crippen molar-refractivity contribution in [1.29, 1.82) is 0 Å². The zero-order valence-electron chi connectivity index (χ0n) is 19.3. The highest BCUT2D eigenvalue weighted by molar-refractivity contribution is 5.72. The molecule has 0 aromatic carbocycles. The maximum absolute atomic E-state index is 12.2. The molecular weight excluding hydrogens is 382 g/mol. The minimum absolute atomic E-state index is 0.231. The van der Waals surface area contributed by atoms with Crippen molar-refractivity contribution in [1.82, 2.24) is 14.9 Å². The third kappa shape index (κ3) is 8.00. The first kappa shape index (κ1) is 24.2. The summed E-state index contributed by atoms with van der Waals surface area (Å²) in [4.78, 5) is 28.5. The van der Waals surface area contributed by atoms with Gasteiger partial charge < -0.3 is 19.4 Å². The van der Waals surface area contributed by atoms with Gasteiger partial charge in [-0.15, -0.1) is 0 Å². The maximum atomic E-state index is 12.2. The highest BCUT2D eigenvalue weighted by atomic mass is 16.6. The van der Waals surface area contributed by atoms with Gasteiger partial charge in [-0.1, -0.05) is 13.3 Å². The Labute approximate surface area is 180 Å². The smallest absolute Gasteiger partial charge is 0.407 e. The molecule has 1 atom stereocenters. The monoisotopic (exact) mass is 421 g/mol. The Hall–Kier alpha value is -2.05. The lowest BCUT2D eigenvalue weighted by molar-refractivity contribution is -0.145. The van der Waals surface area contributed by atoms with Crippen LogP contribution < -0.4 is 5.32 Å². The number of methoxy groups -OCH3 is 1. The van der Waals surface area contributed by atoms with Crippen LogP contribution in [0.2, 0.25) is 0 Å². The SMILES string of the molecule is CC[C@H]1CC[C@H](n2cnc(CC(CCCNC(=O)OC(C)(C)C)C(=O)OC)c2)CC1. The first-order chi connectivity index (χ1) is 14.2. The fraction of sp³-hybridized carbons (Fsp3) is 0.783. The van der Waals surface area contributed by atoms with Gasteiger partial charge in [0.05, 0.1) is 25.0 Å². The van der Waals surface area contributed by atoms with Gasteiger partial charge in [-0.3, -0.25) is 4.79 Å². The molecule has 7 nitrogen and oxygen atoms in total. The zero-order chi connectivity index (χ0) is 22.1. The summed E-state index contributed by atoms with van der Waals surface area (Å²) in [5.74, 6) is 0.363. The summed E-state index contributed by atoms with van der Waals surface area (Å²) in [5.41, 5.74) is 0.399. The average Bonchev–Trinajstić information content (AvgIpc) is 3.17. The Bertz CT molecular complexity index is 672. The summed E-state index contributed by atoms with van der Waals surface area (Å²) < 4.78 is 12.4. The summed E-state index contributed by atoms with van der Waals surface area (Å²) in [5, 5.41) is 2.74. The number of imidazole rings is 1. The molecule has 1 aliphatic rings. The molecule has 1 saturated carbocycles. The topological polar surface area (TPSA) is 82.5 Å². The molecule has 1 N–H and O–H groups in total. The number of hydrogen-bond donors (Lipinski definition) is 1. The van der Waals surface area contributed by atoms with E-state index < -0.39 is 11.7 Å². The minimum atomic E-state index is -0.521. The molecule has 30 heavy (non-hydrogen) atoms. The Morgan fingerprint density at radius 3 is 2.57 bits per heavy atom. The molecule has 0 radical (unpaired) electrons. The first-order valence-corrected chi connectivity index (χ1v) is 11.3. The van der Waals surface area contributed by atoms with Crippen molar-refractivity contribution in [3.63, 3.8) is 0 Å². The molecule has 1 amide bonds. The molecule has 0 saturated heterocycles. The quantitative estimate of drug-likeness (QED) is 0.463. The second-order valence-corrected chi connectivity index (χ2v) is 9.39. The van der Waals surface area contributed by atoms with Crippen LogP contribution in [0, 0.1) is 11.8 Å². The fourth-order valence-electron chi connectivity index (χ4n) is 4.11. The van der Waals surface area contributed by atoms with Crippen molar-refractivity contribution < 1.29 is 19.1 Å². The van der Waals surface area contributed by atoms with E-state index in [0.29, 0.717) is 31.8 Å². The summed E-state index contributed by atoms with van der Waals surface area (Å²) >= 11 is 0. The van der Waals surface area contributed by atoms with Gasteiger partial charge in [-0.2, -0.15) is 0 Å². The molecule has 1 unspecified atom stereocenters. The molecule has 1 fully saturated rings. The molecule has 1 heterocycles. The van der Waals surface area contributed by atoms with Crippen LogP contribution in [0.1, 0.15) is 84.4 Å². The van der Waals surface area contributed by atoms with E-state index in [1.54, 1.807) is 0 Å². The summed E-state index contributed by atoms with van der Waals surface area (Å²) in [6.45, 7) is 8.21. The number of ether oxygens (including phenoxy) is 2. The van der Waals surface area contributed by atoms with Crippen LogP contribution in [-0.2, 0) is 20.7 Å². The van der Waals surface area contributed by atoms with Crippen LogP contribution in [0.5, 0.6) is 0 Å². The van der Waals surface area contributed by atoms with Crippen molar-refractivity contribution in [3.8, 4) is 0 Å². The number of alkyl carbamates (subject to hydrolysis) is 1. The number of esters is 1. The summed E-state index contributed by atoms with van der Waals surface area (Å²) in [6.07, 6.45) is 11.6. The number of aromatic nitrogens is 2. The molecule has 0 aliphatic heterocycles. The van der Waals surface area contributed by atoms with Crippen LogP contribution in [0.3, 0.4) is 0 Å². The second-order valence-electron chi connectivity index (χ2n) is 9.39. The standard InChI is InChI=1S/C23H39N3O4/c1-6-17-9-11-20(12-10-17)26-15-19(25-16-26)14-18(21(27)29-5)8-7-13-24-22(28)30-23(2,3)4/h15-18,20H,6-14H2,1-5H3,(H,24,28)/t17-,18?,20-. The van der Waals surface area contributed by atoms with Gasteiger partial charge in [0.25, 0.3) is 0 Å². The number of nitrogens with zero attached hydrogens (tertiary/aromatic N) is 2. The van der Waals surface area contributed by atoms with Crippen LogP contribution in [-0.4, -0.2) is 40.9 Å². The number of amides is 1. The van der Waals surface area contributed by atoms with Crippen LogP contribution in [0.25, 0.3) is 0 Å². The van der Waals surface area contributed by atoms with Crippen molar-refractivity contribution in [2.24, 2.45) is 11.8 Å². The summed E-state index contributed by atoms with van der Waals surface area (Å²) in [6, 6.07) is 0.517. The van der Waals surface area contributed by atoms with Crippen molar-refractivity contribution in [2.75, 3.05) is 13.7 Å². The first-order valence-electron chi connectivity index (χ1n) is 11.3. The van der Waals surface area contributed by atoms with Crippen molar-refractivity contribution in [3.05, 3.63) is 18.2 Å². The number of carbonyl (C=O) groups excluding carboxylic acids is 2. The van der Waals surface area contributed by atoms with E-state index in [0.717, 1.165) is 11.6 Å². The van der Waals surface area contributed by atoms with E-state index >= 15 is 0 Å². The number of nitrogens with one attached hydrogen (secondary N) is 1. The Balaban J connectivity index is 1.83. The number of hydrogen-bond acceptors (Lipinski definition) is 5.